The maximum atomic E-state index is 12.1. The van der Waals surface area contributed by atoms with E-state index in [1.807, 2.05) is 0 Å². The van der Waals surface area contributed by atoms with E-state index in [9.17, 15) is 9.59 Å². The summed E-state index contributed by atoms with van der Waals surface area (Å²) in [6, 6.07) is 0. The van der Waals surface area contributed by atoms with Crippen LogP contribution < -0.4 is 5.32 Å². The fourth-order valence-corrected chi connectivity index (χ4v) is 2.68. The molecule has 5 nitrogen and oxygen atoms in total. The summed E-state index contributed by atoms with van der Waals surface area (Å²) in [4.78, 5) is 24.1. The molecule has 0 spiro atoms. The molecule has 0 radical (unpaired) electrons. The maximum absolute atomic E-state index is 12.1. The first kappa shape index (κ1) is 16.8. The lowest BCUT2D eigenvalue weighted by Gasteiger charge is -2.47. The molecule has 2 unspecified atom stereocenters. The zero-order valence-electron chi connectivity index (χ0n) is 13.4. The third kappa shape index (κ3) is 3.87. The van der Waals surface area contributed by atoms with E-state index in [0.29, 0.717) is 12.3 Å². The molecule has 0 heterocycles. The second-order valence-electron chi connectivity index (χ2n) is 6.95. The fourth-order valence-electron chi connectivity index (χ4n) is 2.68. The Morgan fingerprint density at radius 1 is 1.35 bits per heavy atom. The predicted octanol–water partition coefficient (Wildman–Crippen LogP) is 2.88. The molecule has 20 heavy (non-hydrogen) atoms. The lowest BCUT2D eigenvalue weighted by atomic mass is 9.63. The van der Waals surface area contributed by atoms with Crippen LogP contribution in [0.2, 0.25) is 0 Å². The van der Waals surface area contributed by atoms with Gasteiger partial charge in [0.1, 0.15) is 11.1 Å². The average Bonchev–Trinajstić information content (AvgIpc) is 2.28. The Morgan fingerprint density at radius 3 is 2.30 bits per heavy atom. The van der Waals surface area contributed by atoms with Gasteiger partial charge in [-0.1, -0.05) is 13.8 Å². The second-order valence-corrected chi connectivity index (χ2v) is 6.95. The SMILES string of the molecule is COC(=O)C1(NC(=O)OC(C)(C)C)CCC1CC(C)C. The highest BCUT2D eigenvalue weighted by Gasteiger charge is 2.55. The standard InChI is InChI=1S/C15H27NO4/c1-10(2)9-11-7-8-15(11,12(17)19-6)16-13(18)20-14(3,4)5/h10-11H,7-9H2,1-6H3,(H,16,18). The van der Waals surface area contributed by atoms with E-state index < -0.39 is 17.2 Å². The summed E-state index contributed by atoms with van der Waals surface area (Å²) < 4.78 is 10.2. The average molecular weight is 285 g/mol. The van der Waals surface area contributed by atoms with Gasteiger partial charge >= 0.3 is 12.1 Å². The molecular weight excluding hydrogens is 258 g/mol. The van der Waals surface area contributed by atoms with Gasteiger partial charge < -0.3 is 14.8 Å². The van der Waals surface area contributed by atoms with Gasteiger partial charge in [0.25, 0.3) is 0 Å². The molecule has 0 aliphatic heterocycles. The van der Waals surface area contributed by atoms with E-state index in [1.54, 1.807) is 20.8 Å². The molecule has 1 aliphatic carbocycles. The third-order valence-corrected chi connectivity index (χ3v) is 3.61. The number of carbonyl (C=O) groups is 2. The summed E-state index contributed by atoms with van der Waals surface area (Å²) in [5, 5.41) is 2.76. The zero-order chi connectivity index (χ0) is 15.6. The topological polar surface area (TPSA) is 64.6 Å². The van der Waals surface area contributed by atoms with Crippen LogP contribution in [0, 0.1) is 11.8 Å². The molecule has 1 fully saturated rings. The van der Waals surface area contributed by atoms with Crippen molar-refractivity contribution < 1.29 is 19.1 Å². The molecule has 116 valence electrons. The van der Waals surface area contributed by atoms with Gasteiger partial charge in [-0.25, -0.2) is 9.59 Å². The first-order chi connectivity index (χ1) is 9.10. The molecule has 0 saturated heterocycles. The molecule has 1 amide bonds. The van der Waals surface area contributed by atoms with Gasteiger partial charge in [0.05, 0.1) is 7.11 Å². The van der Waals surface area contributed by atoms with Crippen LogP contribution in [0.25, 0.3) is 0 Å². The number of methoxy groups -OCH3 is 1. The molecule has 5 heteroatoms. The van der Waals surface area contributed by atoms with Crippen LogP contribution in [-0.2, 0) is 14.3 Å². The summed E-state index contributed by atoms with van der Waals surface area (Å²) in [5.74, 6) is 0.201. The van der Waals surface area contributed by atoms with E-state index in [1.165, 1.54) is 7.11 Å². The number of hydrogen-bond acceptors (Lipinski definition) is 4. The third-order valence-electron chi connectivity index (χ3n) is 3.61. The van der Waals surface area contributed by atoms with Crippen molar-refractivity contribution in [3.05, 3.63) is 0 Å². The van der Waals surface area contributed by atoms with Crippen molar-refractivity contribution in [1.82, 2.24) is 5.32 Å². The minimum Gasteiger partial charge on any atom is -0.467 e. The highest BCUT2D eigenvalue weighted by molar-refractivity contribution is 5.87. The van der Waals surface area contributed by atoms with Crippen molar-refractivity contribution in [3.8, 4) is 0 Å². The lowest BCUT2D eigenvalue weighted by molar-refractivity contribution is -0.157. The Balaban J connectivity index is 2.81. The van der Waals surface area contributed by atoms with Crippen LogP contribution in [-0.4, -0.2) is 30.3 Å². The number of rotatable bonds is 4. The first-order valence-electron chi connectivity index (χ1n) is 7.20. The highest BCUT2D eigenvalue weighted by atomic mass is 16.6. The lowest BCUT2D eigenvalue weighted by Crippen LogP contribution is -2.66. The Hall–Kier alpha value is -1.26. The smallest absolute Gasteiger partial charge is 0.408 e. The molecule has 2 atom stereocenters. The van der Waals surface area contributed by atoms with Gasteiger partial charge in [0.15, 0.2) is 0 Å². The van der Waals surface area contributed by atoms with Crippen LogP contribution >= 0.6 is 0 Å². The first-order valence-corrected chi connectivity index (χ1v) is 7.20. The van der Waals surface area contributed by atoms with Gasteiger partial charge in [-0.3, -0.25) is 0 Å². The largest absolute Gasteiger partial charge is 0.467 e. The van der Waals surface area contributed by atoms with Crippen molar-refractivity contribution in [2.24, 2.45) is 11.8 Å². The van der Waals surface area contributed by atoms with Crippen LogP contribution in [0.5, 0.6) is 0 Å². The number of carbonyl (C=O) groups excluding carboxylic acids is 2. The normalized spacial score (nSPS) is 25.9. The number of nitrogens with one attached hydrogen (secondary N) is 1. The van der Waals surface area contributed by atoms with E-state index in [2.05, 4.69) is 19.2 Å². The quantitative estimate of drug-likeness (QED) is 0.807. The van der Waals surface area contributed by atoms with Gasteiger partial charge in [-0.15, -0.1) is 0 Å². The van der Waals surface area contributed by atoms with Crippen molar-refractivity contribution in [3.63, 3.8) is 0 Å². The van der Waals surface area contributed by atoms with E-state index in [4.69, 9.17) is 9.47 Å². The molecular formula is C15H27NO4. The number of esters is 1. The highest BCUT2D eigenvalue weighted by Crippen LogP contribution is 2.43. The predicted molar refractivity (Wildman–Crippen MR) is 76.3 cm³/mol. The molecule has 1 N–H and O–H groups in total. The van der Waals surface area contributed by atoms with E-state index in [-0.39, 0.29) is 11.9 Å². The van der Waals surface area contributed by atoms with Crippen LogP contribution in [0.1, 0.15) is 53.9 Å². The van der Waals surface area contributed by atoms with Gasteiger partial charge in [0.2, 0.25) is 0 Å². The van der Waals surface area contributed by atoms with Gasteiger partial charge in [0, 0.05) is 0 Å². The summed E-state index contributed by atoms with van der Waals surface area (Å²) in [6.45, 7) is 9.60. The Bertz CT molecular complexity index is 373. The van der Waals surface area contributed by atoms with E-state index >= 15 is 0 Å². The molecule has 0 aromatic carbocycles. The molecule has 0 bridgehead atoms. The van der Waals surface area contributed by atoms with Crippen LogP contribution in [0.4, 0.5) is 4.79 Å². The Morgan fingerprint density at radius 2 is 1.95 bits per heavy atom. The molecule has 0 aromatic heterocycles. The molecule has 1 aliphatic rings. The summed E-state index contributed by atoms with van der Waals surface area (Å²) in [5.41, 5.74) is -1.50. The minimum absolute atomic E-state index is 0.113. The van der Waals surface area contributed by atoms with Gasteiger partial charge in [-0.2, -0.15) is 0 Å². The van der Waals surface area contributed by atoms with Crippen molar-refractivity contribution in [2.45, 2.75) is 65.0 Å². The Kier molecular flexibility index (Phi) is 5.05. The van der Waals surface area contributed by atoms with Crippen molar-refractivity contribution in [1.29, 1.82) is 0 Å². The summed E-state index contributed by atoms with van der Waals surface area (Å²) >= 11 is 0. The summed E-state index contributed by atoms with van der Waals surface area (Å²) in [7, 11) is 1.35. The van der Waals surface area contributed by atoms with Crippen molar-refractivity contribution >= 4 is 12.1 Å². The zero-order valence-corrected chi connectivity index (χ0v) is 13.4. The van der Waals surface area contributed by atoms with E-state index in [0.717, 1.165) is 12.8 Å². The molecule has 1 rings (SSSR count). The van der Waals surface area contributed by atoms with Crippen LogP contribution in [0.15, 0.2) is 0 Å². The number of hydrogen-bond donors (Lipinski definition) is 1. The molecule has 0 aromatic rings. The monoisotopic (exact) mass is 285 g/mol. The van der Waals surface area contributed by atoms with Crippen LogP contribution in [0.3, 0.4) is 0 Å². The second kappa shape index (κ2) is 6.02. The fraction of sp³-hybridized carbons (Fsp3) is 0.867. The molecule has 1 saturated carbocycles. The number of ether oxygens (including phenoxy) is 2. The van der Waals surface area contributed by atoms with Gasteiger partial charge in [-0.05, 0) is 51.9 Å². The summed E-state index contributed by atoms with van der Waals surface area (Å²) in [6.07, 6.45) is 1.85. The maximum Gasteiger partial charge on any atom is 0.408 e. The number of amides is 1. The number of alkyl carbamates (subject to hydrolysis) is 1. The minimum atomic E-state index is -0.915. The van der Waals surface area contributed by atoms with Crippen molar-refractivity contribution in [2.75, 3.05) is 7.11 Å². The Labute approximate surface area is 121 Å².